The van der Waals surface area contributed by atoms with Gasteiger partial charge in [0, 0.05) is 0 Å². The van der Waals surface area contributed by atoms with E-state index in [0.29, 0.717) is 6.42 Å². The molecule has 0 rings (SSSR count). The molecule has 14 heavy (non-hydrogen) atoms. The van der Waals surface area contributed by atoms with E-state index in [0.717, 1.165) is 0 Å². The molecule has 0 aromatic carbocycles. The Labute approximate surface area is 84.2 Å². The van der Waals surface area contributed by atoms with Crippen molar-refractivity contribution in [3.05, 3.63) is 0 Å². The van der Waals surface area contributed by atoms with Crippen LogP contribution < -0.4 is 5.73 Å². The van der Waals surface area contributed by atoms with Crippen LogP contribution in [0.4, 0.5) is 0 Å². The molecule has 0 bridgehead atoms. The zero-order valence-electron chi connectivity index (χ0n) is 8.67. The Morgan fingerprint density at radius 3 is 1.93 bits per heavy atom. The smallest absolute Gasteiger partial charge is 0.107 e. The molecule has 5 nitrogen and oxygen atoms in total. The molecule has 0 aliphatic carbocycles. The normalized spacial score (nSPS) is 20.6. The van der Waals surface area contributed by atoms with Gasteiger partial charge in [-0.1, -0.05) is 13.8 Å². The summed E-state index contributed by atoms with van der Waals surface area (Å²) in [6.07, 6.45) is -3.23. The number of aliphatic hydroxyl groups excluding tert-OH is 4. The molecule has 0 unspecified atom stereocenters. The lowest BCUT2D eigenvalue weighted by atomic mass is 9.96. The first-order valence-corrected chi connectivity index (χ1v) is 4.80. The number of hydrogen-bond acceptors (Lipinski definition) is 5. The first kappa shape index (κ1) is 13.8. The quantitative estimate of drug-likeness (QED) is 0.362. The molecule has 0 saturated carbocycles. The van der Waals surface area contributed by atoms with Gasteiger partial charge in [-0.05, 0) is 12.3 Å². The van der Waals surface area contributed by atoms with E-state index in [2.05, 4.69) is 0 Å². The Morgan fingerprint density at radius 1 is 1.07 bits per heavy atom. The Kier molecular flexibility index (Phi) is 6.22. The average Bonchev–Trinajstić information content (AvgIpc) is 2.13. The topological polar surface area (TPSA) is 107 Å². The van der Waals surface area contributed by atoms with Crippen LogP contribution in [-0.2, 0) is 0 Å². The SMILES string of the molecule is CC(C)C[C@@H](O)[C@@H](O)[C@H](O)[C@@H](N)CO. The Morgan fingerprint density at radius 2 is 1.57 bits per heavy atom. The molecule has 5 heteroatoms. The molecular formula is C9H21NO4. The van der Waals surface area contributed by atoms with Crippen molar-refractivity contribution in [3.8, 4) is 0 Å². The molecule has 0 aliphatic rings. The van der Waals surface area contributed by atoms with E-state index in [1.54, 1.807) is 0 Å². The molecule has 86 valence electrons. The first-order valence-electron chi connectivity index (χ1n) is 4.80. The summed E-state index contributed by atoms with van der Waals surface area (Å²) in [6, 6.07) is -0.924. The zero-order chi connectivity index (χ0) is 11.3. The predicted octanol–water partition coefficient (Wildman–Crippen LogP) is -1.57. The van der Waals surface area contributed by atoms with Crippen LogP contribution in [0.15, 0.2) is 0 Å². The Bertz CT molecular complexity index is 154. The third-order valence-electron chi connectivity index (χ3n) is 2.11. The van der Waals surface area contributed by atoms with Crippen LogP contribution in [0.1, 0.15) is 20.3 Å². The lowest BCUT2D eigenvalue weighted by molar-refractivity contribution is -0.0780. The second-order valence-corrected chi connectivity index (χ2v) is 4.02. The average molecular weight is 207 g/mol. The maximum Gasteiger partial charge on any atom is 0.107 e. The molecule has 0 fully saturated rings. The molecule has 0 aliphatic heterocycles. The van der Waals surface area contributed by atoms with Crippen molar-refractivity contribution in [1.29, 1.82) is 0 Å². The highest BCUT2D eigenvalue weighted by Crippen LogP contribution is 2.11. The van der Waals surface area contributed by atoms with E-state index >= 15 is 0 Å². The number of rotatable bonds is 6. The van der Waals surface area contributed by atoms with Gasteiger partial charge in [0.25, 0.3) is 0 Å². The Hall–Kier alpha value is -0.200. The zero-order valence-corrected chi connectivity index (χ0v) is 8.67. The third kappa shape index (κ3) is 4.34. The van der Waals surface area contributed by atoms with Gasteiger partial charge < -0.3 is 26.2 Å². The number of hydrogen-bond donors (Lipinski definition) is 5. The van der Waals surface area contributed by atoms with E-state index in [1.165, 1.54) is 0 Å². The van der Waals surface area contributed by atoms with Crippen molar-refractivity contribution in [2.75, 3.05) is 6.61 Å². The maximum atomic E-state index is 9.46. The molecule has 6 N–H and O–H groups in total. The molecule has 0 amide bonds. The highest BCUT2D eigenvalue weighted by Gasteiger charge is 2.29. The lowest BCUT2D eigenvalue weighted by Gasteiger charge is -2.27. The summed E-state index contributed by atoms with van der Waals surface area (Å²) < 4.78 is 0. The predicted molar refractivity (Wildman–Crippen MR) is 52.5 cm³/mol. The van der Waals surface area contributed by atoms with E-state index < -0.39 is 31.0 Å². The van der Waals surface area contributed by atoms with Crippen molar-refractivity contribution in [2.24, 2.45) is 11.7 Å². The minimum absolute atomic E-state index is 0.220. The summed E-state index contributed by atoms with van der Waals surface area (Å²) in [4.78, 5) is 0. The molecule has 0 spiro atoms. The van der Waals surface area contributed by atoms with Crippen LogP contribution >= 0.6 is 0 Å². The number of nitrogens with two attached hydrogens (primary N) is 1. The Balaban J connectivity index is 4.09. The molecule has 0 heterocycles. The summed E-state index contributed by atoms with van der Waals surface area (Å²) in [5, 5.41) is 36.9. The summed E-state index contributed by atoms with van der Waals surface area (Å²) in [7, 11) is 0. The minimum Gasteiger partial charge on any atom is -0.395 e. The summed E-state index contributed by atoms with van der Waals surface area (Å²) in [6.45, 7) is 3.37. The van der Waals surface area contributed by atoms with Crippen LogP contribution in [0.25, 0.3) is 0 Å². The van der Waals surface area contributed by atoms with Crippen LogP contribution in [-0.4, -0.2) is 51.4 Å². The summed E-state index contributed by atoms with van der Waals surface area (Å²) in [5.41, 5.74) is 5.31. The second kappa shape index (κ2) is 6.31. The van der Waals surface area contributed by atoms with Gasteiger partial charge in [-0.3, -0.25) is 0 Å². The second-order valence-electron chi connectivity index (χ2n) is 4.02. The molecule has 0 aromatic rings. The van der Waals surface area contributed by atoms with Gasteiger partial charge in [0.1, 0.15) is 6.10 Å². The van der Waals surface area contributed by atoms with Crippen molar-refractivity contribution in [1.82, 2.24) is 0 Å². The van der Waals surface area contributed by atoms with E-state index in [4.69, 9.17) is 10.8 Å². The van der Waals surface area contributed by atoms with Crippen molar-refractivity contribution in [2.45, 2.75) is 44.6 Å². The molecular weight excluding hydrogens is 186 g/mol. The monoisotopic (exact) mass is 207 g/mol. The fourth-order valence-corrected chi connectivity index (χ4v) is 1.21. The summed E-state index contributed by atoms with van der Waals surface area (Å²) in [5.74, 6) is 0.220. The maximum absolute atomic E-state index is 9.46. The summed E-state index contributed by atoms with van der Waals surface area (Å²) >= 11 is 0. The van der Waals surface area contributed by atoms with Crippen LogP contribution in [0, 0.1) is 5.92 Å². The highest BCUT2D eigenvalue weighted by atomic mass is 16.4. The van der Waals surface area contributed by atoms with Crippen LogP contribution in [0.2, 0.25) is 0 Å². The van der Waals surface area contributed by atoms with Gasteiger partial charge in [-0.2, -0.15) is 0 Å². The van der Waals surface area contributed by atoms with Gasteiger partial charge in [-0.15, -0.1) is 0 Å². The van der Waals surface area contributed by atoms with Gasteiger partial charge in [0.05, 0.1) is 24.9 Å². The first-order chi connectivity index (χ1) is 6.40. The van der Waals surface area contributed by atoms with Crippen molar-refractivity contribution < 1.29 is 20.4 Å². The minimum atomic E-state index is -1.31. The lowest BCUT2D eigenvalue weighted by Crippen LogP contribution is -2.50. The van der Waals surface area contributed by atoms with Crippen molar-refractivity contribution in [3.63, 3.8) is 0 Å². The van der Waals surface area contributed by atoms with E-state index in [1.807, 2.05) is 13.8 Å². The van der Waals surface area contributed by atoms with Gasteiger partial charge in [-0.25, -0.2) is 0 Å². The largest absolute Gasteiger partial charge is 0.395 e. The standard InChI is InChI=1S/C9H21NO4/c1-5(2)3-7(12)9(14)8(13)6(10)4-11/h5-9,11-14H,3-4,10H2,1-2H3/t6-,7+,8+,9+/m0/s1. The van der Waals surface area contributed by atoms with E-state index in [9.17, 15) is 15.3 Å². The molecule has 0 saturated heterocycles. The molecule has 0 aromatic heterocycles. The fourth-order valence-electron chi connectivity index (χ4n) is 1.21. The highest BCUT2D eigenvalue weighted by molar-refractivity contribution is 4.83. The molecule has 0 radical (unpaired) electrons. The van der Waals surface area contributed by atoms with Gasteiger partial charge in [0.15, 0.2) is 0 Å². The number of aliphatic hydroxyl groups is 4. The van der Waals surface area contributed by atoms with Gasteiger partial charge >= 0.3 is 0 Å². The molecule has 4 atom stereocenters. The van der Waals surface area contributed by atoms with Crippen LogP contribution in [0.3, 0.4) is 0 Å². The fraction of sp³-hybridized carbons (Fsp3) is 1.00. The van der Waals surface area contributed by atoms with Gasteiger partial charge in [0.2, 0.25) is 0 Å². The van der Waals surface area contributed by atoms with Crippen molar-refractivity contribution >= 4 is 0 Å². The van der Waals surface area contributed by atoms with Crippen LogP contribution in [0.5, 0.6) is 0 Å². The van der Waals surface area contributed by atoms with E-state index in [-0.39, 0.29) is 5.92 Å². The third-order valence-corrected chi connectivity index (χ3v) is 2.11.